The lowest BCUT2D eigenvalue weighted by Gasteiger charge is -2.37. The largest absolute Gasteiger partial charge is 0.495 e. The molecule has 0 saturated carbocycles. The van der Waals surface area contributed by atoms with Crippen molar-refractivity contribution in [1.29, 1.82) is 0 Å². The van der Waals surface area contributed by atoms with Gasteiger partial charge in [0.15, 0.2) is 17.6 Å². The molecule has 1 fully saturated rings. The molecule has 2 aromatic rings. The summed E-state index contributed by atoms with van der Waals surface area (Å²) in [5.41, 5.74) is 1.06. The normalized spacial score (nSPS) is 15.1. The van der Waals surface area contributed by atoms with Gasteiger partial charge in [-0.1, -0.05) is 31.2 Å². The highest BCUT2D eigenvalue weighted by atomic mass is 16.5. The zero-order valence-electron chi connectivity index (χ0n) is 16.8. The van der Waals surface area contributed by atoms with Crippen LogP contribution < -0.4 is 19.1 Å². The molecule has 0 radical (unpaired) electrons. The molecule has 1 aliphatic rings. The minimum atomic E-state index is -0.519. The van der Waals surface area contributed by atoms with Crippen LogP contribution in [0.4, 0.5) is 5.69 Å². The van der Waals surface area contributed by atoms with E-state index in [1.807, 2.05) is 54.3 Å². The maximum absolute atomic E-state index is 13.0. The summed E-state index contributed by atoms with van der Waals surface area (Å²) in [6.45, 7) is 4.79. The lowest BCUT2D eigenvalue weighted by atomic mass is 10.2. The molecule has 0 bridgehead atoms. The monoisotopic (exact) mass is 384 g/mol. The van der Waals surface area contributed by atoms with Crippen molar-refractivity contribution in [1.82, 2.24) is 4.90 Å². The van der Waals surface area contributed by atoms with E-state index in [1.165, 1.54) is 0 Å². The zero-order chi connectivity index (χ0) is 19.9. The van der Waals surface area contributed by atoms with Gasteiger partial charge in [0.2, 0.25) is 0 Å². The van der Waals surface area contributed by atoms with Crippen LogP contribution in [-0.2, 0) is 4.79 Å². The standard InChI is InChI=1S/C22H28N2O4/c1-4-18(28-21-12-8-7-11-20(21)27-3)22(25)24-15-13-23(14-16-24)17-9-5-6-10-19(17)26-2/h5-12,18H,4,13-16H2,1-3H3. The van der Waals surface area contributed by atoms with Gasteiger partial charge in [0.05, 0.1) is 19.9 Å². The van der Waals surface area contributed by atoms with Gasteiger partial charge in [0, 0.05) is 26.2 Å². The molecule has 3 rings (SSSR count). The summed E-state index contributed by atoms with van der Waals surface area (Å²) in [5.74, 6) is 2.11. The first-order valence-corrected chi connectivity index (χ1v) is 9.64. The molecule has 1 atom stereocenters. The smallest absolute Gasteiger partial charge is 0.263 e. The fraction of sp³-hybridized carbons (Fsp3) is 0.409. The summed E-state index contributed by atoms with van der Waals surface area (Å²) in [7, 11) is 3.28. The Morgan fingerprint density at radius 3 is 2.07 bits per heavy atom. The molecule has 1 aliphatic heterocycles. The highest BCUT2D eigenvalue weighted by Gasteiger charge is 2.29. The third kappa shape index (κ3) is 4.32. The maximum Gasteiger partial charge on any atom is 0.263 e. The minimum absolute atomic E-state index is 0.0214. The SMILES string of the molecule is CCC(Oc1ccccc1OC)C(=O)N1CCN(c2ccccc2OC)CC1. The molecular formula is C22H28N2O4. The van der Waals surface area contributed by atoms with Gasteiger partial charge in [-0.25, -0.2) is 0 Å². The Bertz CT molecular complexity index is 788. The summed E-state index contributed by atoms with van der Waals surface area (Å²) in [6, 6.07) is 15.4. The average Bonchev–Trinajstić information content (AvgIpc) is 2.77. The molecule has 0 aliphatic carbocycles. The van der Waals surface area contributed by atoms with E-state index in [1.54, 1.807) is 14.2 Å². The number of hydrogen-bond acceptors (Lipinski definition) is 5. The molecule has 0 aromatic heterocycles. The second-order valence-corrected chi connectivity index (χ2v) is 6.65. The summed E-state index contributed by atoms with van der Waals surface area (Å²) < 4.78 is 16.8. The molecular weight excluding hydrogens is 356 g/mol. The fourth-order valence-corrected chi connectivity index (χ4v) is 3.44. The van der Waals surface area contributed by atoms with E-state index in [-0.39, 0.29) is 5.91 Å². The number of nitrogens with zero attached hydrogens (tertiary/aromatic N) is 2. The Morgan fingerprint density at radius 2 is 1.46 bits per heavy atom. The highest BCUT2D eigenvalue weighted by molar-refractivity contribution is 5.81. The van der Waals surface area contributed by atoms with Crippen LogP contribution in [0.25, 0.3) is 0 Å². The number of methoxy groups -OCH3 is 2. The van der Waals surface area contributed by atoms with Gasteiger partial charge < -0.3 is 24.0 Å². The number of hydrogen-bond donors (Lipinski definition) is 0. The first-order valence-electron chi connectivity index (χ1n) is 9.64. The van der Waals surface area contributed by atoms with E-state index >= 15 is 0 Å². The number of rotatable bonds is 7. The molecule has 1 unspecified atom stereocenters. The molecule has 1 amide bonds. The van der Waals surface area contributed by atoms with Crippen LogP contribution in [0.3, 0.4) is 0 Å². The third-order valence-corrected chi connectivity index (χ3v) is 5.00. The van der Waals surface area contributed by atoms with Crippen LogP contribution in [0.5, 0.6) is 17.2 Å². The summed E-state index contributed by atoms with van der Waals surface area (Å²) in [4.78, 5) is 17.2. The van der Waals surface area contributed by atoms with Gasteiger partial charge in [0.25, 0.3) is 5.91 Å². The summed E-state index contributed by atoms with van der Waals surface area (Å²) in [5, 5.41) is 0. The van der Waals surface area contributed by atoms with Gasteiger partial charge in [0.1, 0.15) is 5.75 Å². The number of carbonyl (C=O) groups is 1. The van der Waals surface area contributed by atoms with Crippen molar-refractivity contribution in [3.8, 4) is 17.2 Å². The predicted molar refractivity (Wildman–Crippen MR) is 109 cm³/mol. The van der Waals surface area contributed by atoms with Crippen LogP contribution in [0.15, 0.2) is 48.5 Å². The van der Waals surface area contributed by atoms with Crippen molar-refractivity contribution in [2.75, 3.05) is 45.3 Å². The van der Waals surface area contributed by atoms with Gasteiger partial charge in [-0.05, 0) is 30.7 Å². The Kier molecular flexibility index (Phi) is 6.63. The lowest BCUT2D eigenvalue weighted by molar-refractivity contribution is -0.139. The van der Waals surface area contributed by atoms with E-state index in [0.717, 1.165) is 24.5 Å². The van der Waals surface area contributed by atoms with Crippen molar-refractivity contribution in [2.24, 2.45) is 0 Å². The second-order valence-electron chi connectivity index (χ2n) is 6.65. The van der Waals surface area contributed by atoms with Crippen molar-refractivity contribution < 1.29 is 19.0 Å². The van der Waals surface area contributed by atoms with Crippen molar-refractivity contribution in [3.05, 3.63) is 48.5 Å². The zero-order valence-corrected chi connectivity index (χ0v) is 16.8. The number of benzene rings is 2. The van der Waals surface area contributed by atoms with Crippen molar-refractivity contribution in [2.45, 2.75) is 19.4 Å². The van der Waals surface area contributed by atoms with E-state index in [2.05, 4.69) is 11.0 Å². The van der Waals surface area contributed by atoms with Crippen LogP contribution in [0, 0.1) is 0 Å². The number of para-hydroxylation sites is 4. The molecule has 2 aromatic carbocycles. The number of carbonyl (C=O) groups excluding carboxylic acids is 1. The van der Waals surface area contributed by atoms with Crippen LogP contribution in [0.1, 0.15) is 13.3 Å². The molecule has 6 heteroatoms. The van der Waals surface area contributed by atoms with Gasteiger partial charge in [-0.2, -0.15) is 0 Å². The lowest BCUT2D eigenvalue weighted by Crippen LogP contribution is -2.52. The number of anilines is 1. The fourth-order valence-electron chi connectivity index (χ4n) is 3.44. The van der Waals surface area contributed by atoms with E-state index < -0.39 is 6.10 Å². The Morgan fingerprint density at radius 1 is 0.893 bits per heavy atom. The molecule has 1 heterocycles. The van der Waals surface area contributed by atoms with E-state index in [4.69, 9.17) is 14.2 Å². The molecule has 0 spiro atoms. The number of ether oxygens (including phenoxy) is 3. The predicted octanol–water partition coefficient (Wildman–Crippen LogP) is 3.21. The van der Waals surface area contributed by atoms with Crippen LogP contribution in [-0.4, -0.2) is 57.3 Å². The van der Waals surface area contributed by atoms with Crippen LogP contribution >= 0.6 is 0 Å². The summed E-state index contributed by atoms with van der Waals surface area (Å²) in [6.07, 6.45) is 0.0815. The highest BCUT2D eigenvalue weighted by Crippen LogP contribution is 2.30. The van der Waals surface area contributed by atoms with Crippen molar-refractivity contribution in [3.63, 3.8) is 0 Å². The molecule has 150 valence electrons. The van der Waals surface area contributed by atoms with Gasteiger partial charge >= 0.3 is 0 Å². The summed E-state index contributed by atoms with van der Waals surface area (Å²) >= 11 is 0. The van der Waals surface area contributed by atoms with Crippen LogP contribution in [0.2, 0.25) is 0 Å². The molecule has 6 nitrogen and oxygen atoms in total. The van der Waals surface area contributed by atoms with Gasteiger partial charge in [-0.3, -0.25) is 4.79 Å². The molecule has 0 N–H and O–H groups in total. The maximum atomic E-state index is 13.0. The minimum Gasteiger partial charge on any atom is -0.495 e. The first kappa shape index (κ1) is 19.9. The van der Waals surface area contributed by atoms with E-state index in [9.17, 15) is 4.79 Å². The van der Waals surface area contributed by atoms with Gasteiger partial charge in [-0.15, -0.1) is 0 Å². The number of piperazine rings is 1. The Balaban J connectivity index is 1.63. The third-order valence-electron chi connectivity index (χ3n) is 5.00. The Hall–Kier alpha value is -2.89. The topological polar surface area (TPSA) is 51.2 Å². The Labute approximate surface area is 166 Å². The first-order chi connectivity index (χ1) is 13.7. The average molecular weight is 384 g/mol. The second kappa shape index (κ2) is 9.35. The number of amides is 1. The molecule has 28 heavy (non-hydrogen) atoms. The van der Waals surface area contributed by atoms with Crippen molar-refractivity contribution >= 4 is 11.6 Å². The quantitative estimate of drug-likeness (QED) is 0.734. The molecule has 1 saturated heterocycles. The van der Waals surface area contributed by atoms with E-state index in [0.29, 0.717) is 31.0 Å².